The normalized spacial score (nSPS) is 10.6. The molecule has 114 valence electrons. The maximum Gasteiger partial charge on any atom is 0.312 e. The van der Waals surface area contributed by atoms with Crippen molar-refractivity contribution in [1.82, 2.24) is 5.43 Å². The van der Waals surface area contributed by atoms with E-state index in [1.165, 1.54) is 29.7 Å². The Hall–Kier alpha value is -2.45. The molecular weight excluding hydrogens is 330 g/mol. The fraction of sp³-hybridized carbons (Fsp3) is 0.0769. The van der Waals surface area contributed by atoms with Crippen LogP contribution in [0.15, 0.2) is 40.8 Å². The van der Waals surface area contributed by atoms with Gasteiger partial charge in [-0.1, -0.05) is 17.7 Å². The Balaban J connectivity index is 1.90. The Morgan fingerprint density at radius 1 is 1.50 bits per heavy atom. The summed E-state index contributed by atoms with van der Waals surface area (Å²) in [5.74, 6) is -0.566. The topological polar surface area (TPSA) is 93.8 Å². The van der Waals surface area contributed by atoms with Gasteiger partial charge in [0.25, 0.3) is 5.91 Å². The Kier molecular flexibility index (Phi) is 5.45. The van der Waals surface area contributed by atoms with E-state index >= 15 is 0 Å². The molecule has 0 fully saturated rings. The molecule has 1 aromatic carbocycles. The molecule has 0 saturated heterocycles. The van der Waals surface area contributed by atoms with Gasteiger partial charge in [0.05, 0.1) is 11.1 Å². The van der Waals surface area contributed by atoms with Crippen molar-refractivity contribution in [3.05, 3.63) is 55.7 Å². The first-order valence-electron chi connectivity index (χ1n) is 5.98. The summed E-state index contributed by atoms with van der Waals surface area (Å²) in [7, 11) is 0. The van der Waals surface area contributed by atoms with Crippen LogP contribution < -0.4 is 10.2 Å². The van der Waals surface area contributed by atoms with Crippen molar-refractivity contribution in [2.45, 2.75) is 0 Å². The molecule has 9 heteroatoms. The van der Waals surface area contributed by atoms with Gasteiger partial charge in [-0.05, 0) is 23.6 Å². The fourth-order valence-corrected chi connectivity index (χ4v) is 2.21. The fourth-order valence-electron chi connectivity index (χ4n) is 1.46. The van der Waals surface area contributed by atoms with Crippen molar-refractivity contribution in [2.24, 2.45) is 5.10 Å². The molecule has 0 bridgehead atoms. The van der Waals surface area contributed by atoms with Crippen molar-refractivity contribution in [3.63, 3.8) is 0 Å². The molecule has 1 heterocycles. The Morgan fingerprint density at radius 2 is 2.32 bits per heavy atom. The van der Waals surface area contributed by atoms with E-state index < -0.39 is 17.4 Å². The lowest BCUT2D eigenvalue weighted by molar-refractivity contribution is -0.385. The lowest BCUT2D eigenvalue weighted by Gasteiger charge is -2.05. The quantitative estimate of drug-likeness (QED) is 0.497. The molecule has 2 aromatic rings. The molecule has 0 aliphatic carbocycles. The number of ether oxygens (including phenoxy) is 1. The second-order valence-electron chi connectivity index (χ2n) is 3.97. The number of hydrogen-bond donors (Lipinski definition) is 1. The number of nitrogens with one attached hydrogen (secondary N) is 1. The van der Waals surface area contributed by atoms with Crippen molar-refractivity contribution in [1.29, 1.82) is 0 Å². The smallest absolute Gasteiger partial charge is 0.312 e. The van der Waals surface area contributed by atoms with Crippen molar-refractivity contribution >= 4 is 40.7 Å². The van der Waals surface area contributed by atoms with E-state index in [0.29, 0.717) is 0 Å². The second kappa shape index (κ2) is 7.53. The highest BCUT2D eigenvalue weighted by molar-refractivity contribution is 7.11. The zero-order chi connectivity index (χ0) is 15.9. The predicted octanol–water partition coefficient (Wildman–Crippen LogP) is 2.84. The van der Waals surface area contributed by atoms with Gasteiger partial charge in [-0.2, -0.15) is 5.10 Å². The molecule has 0 atom stereocenters. The zero-order valence-electron chi connectivity index (χ0n) is 11.1. The van der Waals surface area contributed by atoms with Crippen molar-refractivity contribution in [2.75, 3.05) is 6.61 Å². The Labute approximate surface area is 134 Å². The van der Waals surface area contributed by atoms with Crippen LogP contribution in [0.5, 0.6) is 5.75 Å². The van der Waals surface area contributed by atoms with Gasteiger partial charge in [0, 0.05) is 16.0 Å². The first-order valence-corrected chi connectivity index (χ1v) is 7.24. The molecule has 1 N–H and O–H groups in total. The number of thiophene rings is 1. The van der Waals surface area contributed by atoms with Gasteiger partial charge in [-0.3, -0.25) is 14.9 Å². The summed E-state index contributed by atoms with van der Waals surface area (Å²) in [6.07, 6.45) is 1.49. The number of hydrazone groups is 1. The van der Waals surface area contributed by atoms with Crippen LogP contribution in [-0.4, -0.2) is 23.7 Å². The summed E-state index contributed by atoms with van der Waals surface area (Å²) in [5.41, 5.74) is 1.96. The number of rotatable bonds is 6. The summed E-state index contributed by atoms with van der Waals surface area (Å²) in [4.78, 5) is 22.7. The first kappa shape index (κ1) is 15.9. The maximum absolute atomic E-state index is 11.6. The van der Waals surface area contributed by atoms with Gasteiger partial charge < -0.3 is 4.74 Å². The van der Waals surface area contributed by atoms with Crippen molar-refractivity contribution < 1.29 is 14.5 Å². The standard InChI is InChI=1S/C13H10ClN3O4S/c14-9-3-4-12(11(6-9)17(19)20)21-8-13(18)16-15-7-10-2-1-5-22-10/h1-7H,8H2,(H,16,18). The maximum atomic E-state index is 11.6. The Morgan fingerprint density at radius 3 is 3.00 bits per heavy atom. The molecule has 1 aromatic heterocycles. The molecule has 0 saturated carbocycles. The lowest BCUT2D eigenvalue weighted by Crippen LogP contribution is -2.24. The monoisotopic (exact) mass is 339 g/mol. The highest BCUT2D eigenvalue weighted by atomic mass is 35.5. The van der Waals surface area contributed by atoms with Gasteiger partial charge in [0.15, 0.2) is 12.4 Å². The summed E-state index contributed by atoms with van der Waals surface area (Å²) in [6, 6.07) is 7.63. The molecule has 0 aliphatic rings. The number of carbonyl (C=O) groups excluding carboxylic acids is 1. The number of nitro groups is 1. The number of halogens is 1. The molecule has 0 aliphatic heterocycles. The predicted molar refractivity (Wildman–Crippen MR) is 83.7 cm³/mol. The van der Waals surface area contributed by atoms with Crippen LogP contribution in [0.3, 0.4) is 0 Å². The third kappa shape index (κ3) is 4.54. The highest BCUT2D eigenvalue weighted by Crippen LogP contribution is 2.29. The summed E-state index contributed by atoms with van der Waals surface area (Å²) in [5, 5.41) is 16.7. The van der Waals surface area contributed by atoms with E-state index in [9.17, 15) is 14.9 Å². The second-order valence-corrected chi connectivity index (χ2v) is 5.38. The van der Waals surface area contributed by atoms with E-state index in [0.717, 1.165) is 10.9 Å². The van der Waals surface area contributed by atoms with Crippen LogP contribution >= 0.6 is 22.9 Å². The Bertz CT molecular complexity index is 703. The van der Waals surface area contributed by atoms with Crippen LogP contribution in [0.25, 0.3) is 0 Å². The van der Waals surface area contributed by atoms with E-state index in [1.807, 2.05) is 17.5 Å². The summed E-state index contributed by atoms with van der Waals surface area (Å²) in [6.45, 7) is -0.399. The minimum Gasteiger partial charge on any atom is -0.477 e. The summed E-state index contributed by atoms with van der Waals surface area (Å²) >= 11 is 7.16. The first-order chi connectivity index (χ1) is 10.6. The molecule has 0 radical (unpaired) electrons. The van der Waals surface area contributed by atoms with Gasteiger partial charge in [-0.25, -0.2) is 5.43 Å². The average molecular weight is 340 g/mol. The van der Waals surface area contributed by atoms with Crippen LogP contribution in [-0.2, 0) is 4.79 Å². The van der Waals surface area contributed by atoms with E-state index in [-0.39, 0.29) is 16.5 Å². The van der Waals surface area contributed by atoms with Crippen molar-refractivity contribution in [3.8, 4) is 5.75 Å². The third-order valence-electron chi connectivity index (χ3n) is 2.40. The molecule has 7 nitrogen and oxygen atoms in total. The molecular formula is C13H10ClN3O4S. The van der Waals surface area contributed by atoms with E-state index in [1.54, 1.807) is 0 Å². The van der Waals surface area contributed by atoms with Gasteiger partial charge in [0.1, 0.15) is 0 Å². The number of amides is 1. The highest BCUT2D eigenvalue weighted by Gasteiger charge is 2.16. The van der Waals surface area contributed by atoms with Crippen LogP contribution in [0, 0.1) is 10.1 Å². The minimum atomic E-state index is -0.631. The number of benzene rings is 1. The van der Waals surface area contributed by atoms with Gasteiger partial charge in [0.2, 0.25) is 0 Å². The average Bonchev–Trinajstić information content (AvgIpc) is 2.99. The third-order valence-corrected chi connectivity index (χ3v) is 3.44. The van der Waals surface area contributed by atoms with Crippen LogP contribution in [0.4, 0.5) is 5.69 Å². The van der Waals surface area contributed by atoms with E-state index in [4.69, 9.17) is 16.3 Å². The lowest BCUT2D eigenvalue weighted by atomic mass is 10.3. The SMILES string of the molecule is O=C(COc1ccc(Cl)cc1[N+](=O)[O-])NN=Cc1cccs1. The number of nitro benzene ring substituents is 1. The largest absolute Gasteiger partial charge is 0.477 e. The van der Waals surface area contributed by atoms with E-state index in [2.05, 4.69) is 10.5 Å². The van der Waals surface area contributed by atoms with Crippen LogP contribution in [0.2, 0.25) is 5.02 Å². The molecule has 0 unspecified atom stereocenters. The number of hydrogen-bond acceptors (Lipinski definition) is 6. The number of nitrogens with zero attached hydrogens (tertiary/aromatic N) is 2. The molecule has 22 heavy (non-hydrogen) atoms. The molecule has 1 amide bonds. The summed E-state index contributed by atoms with van der Waals surface area (Å²) < 4.78 is 5.12. The molecule has 0 spiro atoms. The minimum absolute atomic E-state index is 0.0354. The van der Waals surface area contributed by atoms with Gasteiger partial charge >= 0.3 is 5.69 Å². The zero-order valence-corrected chi connectivity index (χ0v) is 12.6. The van der Waals surface area contributed by atoms with Gasteiger partial charge in [-0.15, -0.1) is 11.3 Å². The van der Waals surface area contributed by atoms with Crippen LogP contribution in [0.1, 0.15) is 4.88 Å². The molecule has 2 rings (SSSR count). The number of carbonyl (C=O) groups is 1.